The number of nitrogens with zero attached hydrogens (tertiary/aromatic N) is 5. The molecule has 0 atom stereocenters. The lowest BCUT2D eigenvalue weighted by atomic mass is 10.1. The molecule has 0 bridgehead atoms. The van der Waals surface area contributed by atoms with E-state index >= 15 is 0 Å². The summed E-state index contributed by atoms with van der Waals surface area (Å²) in [5.74, 6) is -0.699. The Hall–Kier alpha value is -3.32. The maximum absolute atomic E-state index is 11.8. The summed E-state index contributed by atoms with van der Waals surface area (Å²) in [6, 6.07) is 7.65. The van der Waals surface area contributed by atoms with Gasteiger partial charge in [-0.2, -0.15) is 5.26 Å². The minimum Gasteiger partial charge on any atom is -0.465 e. The Morgan fingerprint density at radius 3 is 2.75 bits per heavy atom. The number of nitriles is 1. The number of thiophene rings is 1. The second kappa shape index (κ2) is 9.57. The molecule has 0 saturated carbocycles. The molecule has 1 aromatic heterocycles. The summed E-state index contributed by atoms with van der Waals surface area (Å²) in [5, 5.41) is 29.3. The number of aryl methyl sites for hydroxylation is 1. The predicted octanol–water partition coefficient (Wildman–Crippen LogP) is 4.91. The summed E-state index contributed by atoms with van der Waals surface area (Å²) in [5.41, 5.74) is 1.88. The van der Waals surface area contributed by atoms with Crippen molar-refractivity contribution in [1.29, 1.82) is 5.26 Å². The molecule has 1 heterocycles. The summed E-state index contributed by atoms with van der Waals surface area (Å²) in [4.78, 5) is 24.5. The first-order valence-corrected chi connectivity index (χ1v) is 9.29. The molecule has 0 radical (unpaired) electrons. The van der Waals surface area contributed by atoms with Crippen molar-refractivity contribution in [3.8, 4) is 6.07 Å². The van der Waals surface area contributed by atoms with Crippen LogP contribution in [-0.2, 0) is 4.74 Å². The van der Waals surface area contributed by atoms with E-state index in [4.69, 9.17) is 5.26 Å². The molecule has 0 amide bonds. The zero-order valence-electron chi connectivity index (χ0n) is 15.7. The molecule has 0 saturated heterocycles. The van der Waals surface area contributed by atoms with E-state index in [0.29, 0.717) is 18.7 Å². The molecule has 9 nitrogen and oxygen atoms in total. The predicted molar refractivity (Wildman–Crippen MR) is 106 cm³/mol. The fourth-order valence-corrected chi connectivity index (χ4v) is 3.38. The molecule has 0 unspecified atom stereocenters. The van der Waals surface area contributed by atoms with Crippen LogP contribution in [0.15, 0.2) is 33.8 Å². The average Bonchev–Trinajstić information content (AvgIpc) is 3.11. The van der Waals surface area contributed by atoms with Gasteiger partial charge in [0.25, 0.3) is 0 Å². The monoisotopic (exact) mass is 401 g/mol. The number of hydrogen-bond donors (Lipinski definition) is 0. The number of carbonyl (C=O) groups excluding carboxylic acids is 1. The summed E-state index contributed by atoms with van der Waals surface area (Å²) >= 11 is 0.890. The largest absolute Gasteiger partial charge is 0.465 e. The highest BCUT2D eigenvalue weighted by Gasteiger charge is 2.26. The van der Waals surface area contributed by atoms with E-state index in [1.165, 1.54) is 12.5 Å². The van der Waals surface area contributed by atoms with Gasteiger partial charge in [-0.1, -0.05) is 0 Å². The van der Waals surface area contributed by atoms with Crippen molar-refractivity contribution in [1.82, 2.24) is 0 Å². The Kier molecular flexibility index (Phi) is 7.17. The van der Waals surface area contributed by atoms with Gasteiger partial charge in [0.2, 0.25) is 0 Å². The molecule has 0 N–H and O–H groups in total. The van der Waals surface area contributed by atoms with E-state index in [-0.39, 0.29) is 16.3 Å². The van der Waals surface area contributed by atoms with Gasteiger partial charge in [0.1, 0.15) is 4.88 Å². The Balaban J connectivity index is 2.35. The lowest BCUT2D eigenvalue weighted by molar-refractivity contribution is -0.383. The maximum Gasteiger partial charge on any atom is 0.350 e. The van der Waals surface area contributed by atoms with E-state index < -0.39 is 10.9 Å². The molecule has 28 heavy (non-hydrogen) atoms. The number of esters is 1. The summed E-state index contributed by atoms with van der Waals surface area (Å²) in [7, 11) is 1.20. The van der Waals surface area contributed by atoms with Crippen LogP contribution in [0.3, 0.4) is 0 Å². The Labute approximate surface area is 166 Å². The van der Waals surface area contributed by atoms with Crippen molar-refractivity contribution in [3.63, 3.8) is 0 Å². The number of anilines is 1. The topological polar surface area (TPSA) is 121 Å². The fraction of sp³-hybridized carbons (Fsp3) is 0.333. The summed E-state index contributed by atoms with van der Waals surface area (Å²) < 4.78 is 4.65. The highest BCUT2D eigenvalue weighted by atomic mass is 32.1. The van der Waals surface area contributed by atoms with E-state index in [1.807, 2.05) is 26.0 Å². The van der Waals surface area contributed by atoms with Crippen molar-refractivity contribution >= 4 is 40.1 Å². The number of azo groups is 1. The lowest BCUT2D eigenvalue weighted by Gasteiger charge is -2.22. The zero-order valence-corrected chi connectivity index (χ0v) is 16.5. The quantitative estimate of drug-likeness (QED) is 0.268. The molecular weight excluding hydrogens is 382 g/mol. The molecule has 2 rings (SSSR count). The highest BCUT2D eigenvalue weighted by Crippen LogP contribution is 2.39. The van der Waals surface area contributed by atoms with E-state index in [0.717, 1.165) is 29.1 Å². The second-order valence-corrected chi connectivity index (χ2v) is 6.59. The number of methoxy groups -OCH3 is 1. The molecule has 0 aliphatic carbocycles. The van der Waals surface area contributed by atoms with Gasteiger partial charge < -0.3 is 9.64 Å². The minimum atomic E-state index is -0.699. The molecule has 0 fully saturated rings. The SMILES string of the molecule is CCN(CCC#N)c1ccc(N=Nc2c([N+](=O)[O-])csc2C(=O)OC)c(C)c1. The Morgan fingerprint density at radius 1 is 1.43 bits per heavy atom. The summed E-state index contributed by atoms with van der Waals surface area (Å²) in [6.45, 7) is 5.23. The first-order valence-electron chi connectivity index (χ1n) is 8.41. The van der Waals surface area contributed by atoms with E-state index in [2.05, 4.69) is 25.9 Å². The third-order valence-electron chi connectivity index (χ3n) is 3.99. The van der Waals surface area contributed by atoms with Gasteiger partial charge in [-0.05, 0) is 37.6 Å². The van der Waals surface area contributed by atoms with Crippen LogP contribution in [0.1, 0.15) is 28.6 Å². The van der Waals surface area contributed by atoms with Gasteiger partial charge in [0, 0.05) is 18.8 Å². The molecule has 1 aromatic carbocycles. The van der Waals surface area contributed by atoms with Crippen molar-refractivity contribution in [2.24, 2.45) is 10.2 Å². The normalized spacial score (nSPS) is 10.6. The third-order valence-corrected chi connectivity index (χ3v) is 4.93. The molecular formula is C18H19N5O4S. The number of ether oxygens (including phenoxy) is 1. The number of rotatable bonds is 8. The van der Waals surface area contributed by atoms with E-state index in [1.54, 1.807) is 6.07 Å². The van der Waals surface area contributed by atoms with Crippen molar-refractivity contribution in [3.05, 3.63) is 44.1 Å². The van der Waals surface area contributed by atoms with Crippen LogP contribution in [0.25, 0.3) is 0 Å². The molecule has 0 aliphatic heterocycles. The smallest absolute Gasteiger partial charge is 0.350 e. The van der Waals surface area contributed by atoms with Crippen LogP contribution in [0, 0.1) is 28.4 Å². The highest BCUT2D eigenvalue weighted by molar-refractivity contribution is 7.13. The van der Waals surface area contributed by atoms with Gasteiger partial charge in [0.15, 0.2) is 5.69 Å². The number of benzene rings is 1. The Bertz CT molecular complexity index is 948. The first kappa shape index (κ1) is 21.0. The number of nitro groups is 1. The fourth-order valence-electron chi connectivity index (χ4n) is 2.51. The summed E-state index contributed by atoms with van der Waals surface area (Å²) in [6.07, 6.45) is 0.423. The van der Waals surface area contributed by atoms with Crippen molar-refractivity contribution < 1.29 is 14.5 Å². The molecule has 0 spiro atoms. The number of carbonyl (C=O) groups is 1. The maximum atomic E-state index is 11.8. The Morgan fingerprint density at radius 2 is 2.18 bits per heavy atom. The first-order chi connectivity index (χ1) is 13.4. The van der Waals surface area contributed by atoms with Crippen LogP contribution in [0.4, 0.5) is 22.7 Å². The molecule has 0 aliphatic rings. The van der Waals surface area contributed by atoms with Gasteiger partial charge in [-0.25, -0.2) is 4.79 Å². The molecule has 10 heteroatoms. The van der Waals surface area contributed by atoms with Crippen LogP contribution in [-0.4, -0.2) is 31.1 Å². The van der Waals surface area contributed by atoms with Crippen LogP contribution in [0.2, 0.25) is 0 Å². The molecule has 2 aromatic rings. The van der Waals surface area contributed by atoms with Crippen LogP contribution in [0.5, 0.6) is 0 Å². The van der Waals surface area contributed by atoms with Crippen LogP contribution >= 0.6 is 11.3 Å². The van der Waals surface area contributed by atoms with Gasteiger partial charge in [0.05, 0.1) is 35.6 Å². The van der Waals surface area contributed by atoms with Gasteiger partial charge in [-0.15, -0.1) is 21.6 Å². The van der Waals surface area contributed by atoms with E-state index in [9.17, 15) is 14.9 Å². The van der Waals surface area contributed by atoms with Gasteiger partial charge >= 0.3 is 11.7 Å². The third kappa shape index (κ3) is 4.69. The number of hydrogen-bond acceptors (Lipinski definition) is 9. The van der Waals surface area contributed by atoms with Crippen molar-refractivity contribution in [2.75, 3.05) is 25.1 Å². The minimum absolute atomic E-state index is 0.0286. The van der Waals surface area contributed by atoms with Crippen LogP contribution < -0.4 is 4.90 Å². The van der Waals surface area contributed by atoms with Gasteiger partial charge in [-0.3, -0.25) is 10.1 Å². The second-order valence-electron chi connectivity index (χ2n) is 5.71. The molecule has 146 valence electrons. The zero-order chi connectivity index (χ0) is 20.7. The lowest BCUT2D eigenvalue weighted by Crippen LogP contribution is -2.23. The standard InChI is InChI=1S/C18H19N5O4S/c1-4-22(9-5-8-19)13-6-7-14(12(2)10-13)20-21-16-15(23(25)26)11-28-17(16)18(24)27-3/h6-7,10-11H,4-5,9H2,1-3H3. The van der Waals surface area contributed by atoms with Crippen molar-refractivity contribution in [2.45, 2.75) is 20.3 Å². The average molecular weight is 401 g/mol.